The summed E-state index contributed by atoms with van der Waals surface area (Å²) in [7, 11) is 0. The van der Waals surface area contributed by atoms with E-state index in [2.05, 4.69) is 14.9 Å². The van der Waals surface area contributed by atoms with E-state index in [0.29, 0.717) is 6.54 Å². The number of alkyl halides is 3. The molecule has 0 aromatic carbocycles. The summed E-state index contributed by atoms with van der Waals surface area (Å²) in [4.78, 5) is 0.762. The maximum absolute atomic E-state index is 12.1. The minimum atomic E-state index is -4.11. The van der Waals surface area contributed by atoms with Gasteiger partial charge < -0.3 is 5.32 Å². The Kier molecular flexibility index (Phi) is 5.14. The van der Waals surface area contributed by atoms with Crippen molar-refractivity contribution < 1.29 is 13.2 Å². The minimum absolute atomic E-state index is 0.0351. The molecule has 1 unspecified atom stereocenters. The summed E-state index contributed by atoms with van der Waals surface area (Å²) in [5.41, 5.74) is 0. The Morgan fingerprint density at radius 2 is 2.25 bits per heavy atom. The van der Waals surface area contributed by atoms with Crippen LogP contribution in [0.5, 0.6) is 0 Å². The predicted octanol–water partition coefficient (Wildman–Crippen LogP) is 2.92. The Morgan fingerprint density at radius 1 is 1.50 bits per heavy atom. The molecule has 0 spiro atoms. The van der Waals surface area contributed by atoms with E-state index < -0.39 is 12.6 Å². The van der Waals surface area contributed by atoms with E-state index in [1.807, 2.05) is 6.92 Å². The van der Waals surface area contributed by atoms with E-state index in [1.165, 1.54) is 6.20 Å². The first-order valence-electron chi connectivity index (χ1n) is 5.10. The second-order valence-electron chi connectivity index (χ2n) is 3.48. The van der Waals surface area contributed by atoms with E-state index in [4.69, 9.17) is 0 Å². The maximum atomic E-state index is 12.1. The Morgan fingerprint density at radius 3 is 2.75 bits per heavy atom. The van der Waals surface area contributed by atoms with E-state index in [0.717, 1.165) is 22.8 Å². The lowest BCUT2D eigenvalue weighted by atomic mass is 10.1. The molecule has 0 aliphatic carbocycles. The monoisotopic (exact) mass is 253 g/mol. The molecule has 0 amide bonds. The van der Waals surface area contributed by atoms with Crippen molar-refractivity contribution in [3.63, 3.8) is 0 Å². The quantitative estimate of drug-likeness (QED) is 0.847. The number of hydrogen-bond acceptors (Lipinski definition) is 4. The molecule has 1 atom stereocenters. The average molecular weight is 253 g/mol. The van der Waals surface area contributed by atoms with Crippen molar-refractivity contribution in [2.75, 3.05) is 6.54 Å². The molecule has 1 aromatic rings. The highest BCUT2D eigenvalue weighted by atomic mass is 32.1. The summed E-state index contributed by atoms with van der Waals surface area (Å²) < 4.78 is 40.0. The predicted molar refractivity (Wildman–Crippen MR) is 56.2 cm³/mol. The van der Waals surface area contributed by atoms with E-state index in [1.54, 1.807) is 0 Å². The smallest absolute Gasteiger partial charge is 0.309 e. The van der Waals surface area contributed by atoms with Crippen molar-refractivity contribution >= 4 is 11.5 Å². The fraction of sp³-hybridized carbons (Fsp3) is 0.778. The van der Waals surface area contributed by atoms with Crippen LogP contribution in [-0.4, -0.2) is 22.3 Å². The van der Waals surface area contributed by atoms with Crippen molar-refractivity contribution in [1.82, 2.24) is 14.9 Å². The van der Waals surface area contributed by atoms with Crippen molar-refractivity contribution in [3.8, 4) is 0 Å². The number of nitrogens with zero attached hydrogens (tertiary/aromatic N) is 2. The third kappa shape index (κ3) is 4.89. The first kappa shape index (κ1) is 13.4. The molecular weight excluding hydrogens is 239 g/mol. The first-order chi connectivity index (χ1) is 7.53. The van der Waals surface area contributed by atoms with Gasteiger partial charge in [-0.1, -0.05) is 11.4 Å². The van der Waals surface area contributed by atoms with Crippen LogP contribution < -0.4 is 5.32 Å². The molecule has 1 heterocycles. The molecule has 0 radical (unpaired) electrons. The number of halogens is 3. The van der Waals surface area contributed by atoms with Crippen LogP contribution in [0.15, 0.2) is 6.20 Å². The standard InChI is InChI=1S/C9H14F3N3S/c1-2-5-13-7(3-4-9(10,11)12)8-6-14-15-16-8/h6-7,13H,2-5H2,1H3. The van der Waals surface area contributed by atoms with Gasteiger partial charge in [0.2, 0.25) is 0 Å². The van der Waals surface area contributed by atoms with Gasteiger partial charge in [-0.2, -0.15) is 13.2 Å². The number of rotatable bonds is 6. The highest BCUT2D eigenvalue weighted by Crippen LogP contribution is 2.28. The molecule has 0 bridgehead atoms. The maximum Gasteiger partial charge on any atom is 0.389 e. The zero-order valence-electron chi connectivity index (χ0n) is 8.92. The second-order valence-corrected chi connectivity index (χ2v) is 4.30. The highest BCUT2D eigenvalue weighted by molar-refractivity contribution is 7.05. The zero-order chi connectivity index (χ0) is 12.0. The van der Waals surface area contributed by atoms with Crippen LogP contribution in [0.25, 0.3) is 0 Å². The van der Waals surface area contributed by atoms with Gasteiger partial charge in [0.25, 0.3) is 0 Å². The van der Waals surface area contributed by atoms with Gasteiger partial charge >= 0.3 is 6.18 Å². The normalized spacial score (nSPS) is 14.0. The molecule has 0 aliphatic rings. The van der Waals surface area contributed by atoms with E-state index in [9.17, 15) is 13.2 Å². The van der Waals surface area contributed by atoms with Crippen molar-refractivity contribution in [2.24, 2.45) is 0 Å². The number of hydrogen-bond donors (Lipinski definition) is 1. The molecule has 1 aromatic heterocycles. The lowest BCUT2D eigenvalue weighted by Crippen LogP contribution is -2.23. The summed E-state index contributed by atoms with van der Waals surface area (Å²) in [5, 5.41) is 6.72. The number of nitrogens with one attached hydrogen (secondary N) is 1. The molecule has 0 saturated carbocycles. The summed E-state index contributed by atoms with van der Waals surface area (Å²) in [6.07, 6.45) is -2.45. The van der Waals surface area contributed by atoms with Crippen molar-refractivity contribution in [3.05, 3.63) is 11.1 Å². The second kappa shape index (κ2) is 6.15. The molecule has 0 saturated heterocycles. The zero-order valence-corrected chi connectivity index (χ0v) is 9.74. The number of aromatic nitrogens is 2. The van der Waals surface area contributed by atoms with Gasteiger partial charge in [-0.25, -0.2) is 0 Å². The lowest BCUT2D eigenvalue weighted by molar-refractivity contribution is -0.136. The summed E-state index contributed by atoms with van der Waals surface area (Å²) >= 11 is 1.14. The van der Waals surface area contributed by atoms with Crippen LogP contribution in [0.1, 0.15) is 37.1 Å². The van der Waals surface area contributed by atoms with Crippen molar-refractivity contribution in [1.29, 1.82) is 0 Å². The van der Waals surface area contributed by atoms with Crippen molar-refractivity contribution in [2.45, 2.75) is 38.4 Å². The van der Waals surface area contributed by atoms with Gasteiger partial charge in [-0.05, 0) is 30.9 Å². The molecule has 0 fully saturated rings. The molecule has 1 N–H and O–H groups in total. The largest absolute Gasteiger partial charge is 0.389 e. The third-order valence-electron chi connectivity index (χ3n) is 2.08. The third-order valence-corrected chi connectivity index (χ3v) is 2.86. The molecule has 3 nitrogen and oxygen atoms in total. The van der Waals surface area contributed by atoms with Crippen LogP contribution in [0.4, 0.5) is 13.2 Å². The Bertz CT molecular complexity index is 287. The van der Waals surface area contributed by atoms with Gasteiger partial charge in [-0.15, -0.1) is 5.10 Å². The molecular formula is C9H14F3N3S. The fourth-order valence-corrected chi connectivity index (χ4v) is 1.91. The molecule has 0 aliphatic heterocycles. The van der Waals surface area contributed by atoms with Gasteiger partial charge in [0.05, 0.1) is 11.1 Å². The molecule has 7 heteroatoms. The lowest BCUT2D eigenvalue weighted by Gasteiger charge is -2.17. The van der Waals surface area contributed by atoms with Gasteiger partial charge in [0.1, 0.15) is 0 Å². The van der Waals surface area contributed by atoms with E-state index >= 15 is 0 Å². The fourth-order valence-electron chi connectivity index (χ4n) is 1.30. The highest BCUT2D eigenvalue weighted by Gasteiger charge is 2.29. The van der Waals surface area contributed by atoms with Gasteiger partial charge in [-0.3, -0.25) is 0 Å². The average Bonchev–Trinajstić information content (AvgIpc) is 2.69. The minimum Gasteiger partial charge on any atom is -0.309 e. The van der Waals surface area contributed by atoms with Crippen LogP contribution in [0, 0.1) is 0 Å². The molecule has 16 heavy (non-hydrogen) atoms. The Hall–Kier alpha value is -0.690. The molecule has 1 rings (SSSR count). The van der Waals surface area contributed by atoms with Crippen LogP contribution in [0.3, 0.4) is 0 Å². The SMILES string of the molecule is CCCNC(CCC(F)(F)F)c1cnns1. The van der Waals surface area contributed by atoms with Gasteiger partial charge in [0.15, 0.2) is 0 Å². The summed E-state index contributed by atoms with van der Waals surface area (Å²) in [6, 6.07) is -0.290. The van der Waals surface area contributed by atoms with Crippen LogP contribution in [-0.2, 0) is 0 Å². The Balaban J connectivity index is 2.51. The summed E-state index contributed by atoms with van der Waals surface area (Å²) in [5.74, 6) is 0. The molecule has 92 valence electrons. The van der Waals surface area contributed by atoms with Crippen LogP contribution >= 0.6 is 11.5 Å². The van der Waals surface area contributed by atoms with E-state index in [-0.39, 0.29) is 12.5 Å². The summed E-state index contributed by atoms with van der Waals surface area (Å²) in [6.45, 7) is 2.67. The topological polar surface area (TPSA) is 37.8 Å². The first-order valence-corrected chi connectivity index (χ1v) is 5.87. The Labute approximate surface area is 96.2 Å². The van der Waals surface area contributed by atoms with Crippen LogP contribution in [0.2, 0.25) is 0 Å². The van der Waals surface area contributed by atoms with Gasteiger partial charge in [0, 0.05) is 12.5 Å².